The quantitative estimate of drug-likeness (QED) is 0.877. The number of methoxy groups -OCH3 is 1. The van der Waals surface area contributed by atoms with Crippen molar-refractivity contribution in [1.82, 2.24) is 0 Å². The summed E-state index contributed by atoms with van der Waals surface area (Å²) in [5.41, 5.74) is 3.85. The van der Waals surface area contributed by atoms with Crippen LogP contribution in [0.25, 0.3) is 6.08 Å². The van der Waals surface area contributed by atoms with E-state index in [-0.39, 0.29) is 5.75 Å². The topological polar surface area (TPSA) is 49.7 Å². The predicted molar refractivity (Wildman–Crippen MR) is 85.0 cm³/mol. The van der Waals surface area contributed by atoms with E-state index in [2.05, 4.69) is 6.58 Å². The Morgan fingerprint density at radius 1 is 1.10 bits per heavy atom. The number of hydrogen-bond acceptors (Lipinski definition) is 3. The van der Waals surface area contributed by atoms with Gasteiger partial charge in [-0.1, -0.05) is 24.8 Å². The molecule has 110 valence electrons. The number of ether oxygens (including phenoxy) is 1. The molecule has 0 aliphatic heterocycles. The predicted octanol–water partition coefficient (Wildman–Crippen LogP) is 3.84. The summed E-state index contributed by atoms with van der Waals surface area (Å²) in [6.45, 7) is 5.60. The zero-order chi connectivity index (χ0) is 15.4. The highest BCUT2D eigenvalue weighted by atomic mass is 16.5. The van der Waals surface area contributed by atoms with Crippen LogP contribution >= 0.6 is 0 Å². The maximum Gasteiger partial charge on any atom is 0.160 e. The number of rotatable bonds is 5. The van der Waals surface area contributed by atoms with Crippen molar-refractivity contribution < 1.29 is 14.9 Å². The minimum atomic E-state index is 0.149. The molecule has 2 rings (SSSR count). The first-order chi connectivity index (χ1) is 10.0. The van der Waals surface area contributed by atoms with Crippen LogP contribution < -0.4 is 4.74 Å². The summed E-state index contributed by atoms with van der Waals surface area (Å²) in [7, 11) is 1.54. The van der Waals surface area contributed by atoms with Crippen LogP contribution in [0.15, 0.2) is 36.9 Å². The van der Waals surface area contributed by atoms with Crippen LogP contribution in [0, 0.1) is 6.92 Å². The molecule has 2 aromatic carbocycles. The molecule has 0 fully saturated rings. The van der Waals surface area contributed by atoms with Crippen molar-refractivity contribution >= 4 is 6.08 Å². The summed E-state index contributed by atoms with van der Waals surface area (Å²) >= 11 is 0. The Bertz CT molecular complexity index is 660. The van der Waals surface area contributed by atoms with Crippen molar-refractivity contribution in [1.29, 1.82) is 0 Å². The lowest BCUT2D eigenvalue weighted by Crippen LogP contribution is -1.94. The third-order valence-electron chi connectivity index (χ3n) is 3.56. The van der Waals surface area contributed by atoms with Crippen LogP contribution in [0.1, 0.15) is 22.3 Å². The van der Waals surface area contributed by atoms with Gasteiger partial charge in [-0.25, -0.2) is 0 Å². The zero-order valence-corrected chi connectivity index (χ0v) is 12.4. The third-order valence-corrected chi connectivity index (χ3v) is 3.56. The summed E-state index contributed by atoms with van der Waals surface area (Å²) in [6, 6.07) is 9.31. The number of benzene rings is 2. The number of phenols is 2. The Morgan fingerprint density at radius 2 is 1.81 bits per heavy atom. The summed E-state index contributed by atoms with van der Waals surface area (Å²) in [6.07, 6.45) is 3.34. The van der Waals surface area contributed by atoms with Gasteiger partial charge in [-0.2, -0.15) is 0 Å². The Kier molecular flexibility index (Phi) is 4.53. The lowest BCUT2D eigenvalue weighted by molar-refractivity contribution is 0.373. The minimum absolute atomic E-state index is 0.149. The monoisotopic (exact) mass is 284 g/mol. The highest BCUT2D eigenvalue weighted by molar-refractivity contribution is 5.59. The molecule has 0 aliphatic rings. The van der Waals surface area contributed by atoms with Gasteiger partial charge in [-0.3, -0.25) is 0 Å². The average molecular weight is 284 g/mol. The Labute approximate surface area is 125 Å². The van der Waals surface area contributed by atoms with Crippen molar-refractivity contribution in [3.8, 4) is 17.2 Å². The first-order valence-corrected chi connectivity index (χ1v) is 6.86. The van der Waals surface area contributed by atoms with Gasteiger partial charge >= 0.3 is 0 Å². The van der Waals surface area contributed by atoms with Gasteiger partial charge < -0.3 is 14.9 Å². The largest absolute Gasteiger partial charge is 0.507 e. The van der Waals surface area contributed by atoms with E-state index in [4.69, 9.17) is 4.74 Å². The standard InChI is InChI=1S/C18H20O3/c1-4-15-10-14(9-12(2)18(15)20)6-5-13-7-8-16(19)17(11-13)21-3/h4,7-11,19-20H,1,5-6H2,2-3H3. The van der Waals surface area contributed by atoms with Gasteiger partial charge in [0.1, 0.15) is 5.75 Å². The smallest absolute Gasteiger partial charge is 0.160 e. The fourth-order valence-corrected chi connectivity index (χ4v) is 2.35. The molecule has 0 saturated heterocycles. The van der Waals surface area contributed by atoms with Crippen molar-refractivity contribution in [3.05, 3.63) is 59.2 Å². The highest BCUT2D eigenvalue weighted by Gasteiger charge is 2.06. The Balaban J connectivity index is 2.16. The molecule has 0 amide bonds. The van der Waals surface area contributed by atoms with E-state index in [1.54, 1.807) is 19.3 Å². The number of aryl methyl sites for hydroxylation is 3. The van der Waals surface area contributed by atoms with E-state index in [0.29, 0.717) is 11.5 Å². The van der Waals surface area contributed by atoms with Crippen molar-refractivity contribution in [3.63, 3.8) is 0 Å². The number of hydrogen-bond donors (Lipinski definition) is 2. The minimum Gasteiger partial charge on any atom is -0.507 e. The van der Waals surface area contributed by atoms with Crippen LogP contribution in [0.2, 0.25) is 0 Å². The van der Waals surface area contributed by atoms with Crippen LogP contribution in [-0.4, -0.2) is 17.3 Å². The van der Waals surface area contributed by atoms with E-state index in [0.717, 1.165) is 35.1 Å². The lowest BCUT2D eigenvalue weighted by atomic mass is 9.99. The molecule has 0 spiro atoms. The second kappa shape index (κ2) is 6.35. The molecule has 3 heteroatoms. The van der Waals surface area contributed by atoms with Crippen molar-refractivity contribution in [2.45, 2.75) is 19.8 Å². The SMILES string of the molecule is C=Cc1cc(CCc2ccc(O)c(OC)c2)cc(C)c1O. The molecule has 21 heavy (non-hydrogen) atoms. The summed E-state index contributed by atoms with van der Waals surface area (Å²) < 4.78 is 5.11. The Hall–Kier alpha value is -2.42. The van der Waals surface area contributed by atoms with Gasteiger partial charge in [0.25, 0.3) is 0 Å². The fourth-order valence-electron chi connectivity index (χ4n) is 2.35. The van der Waals surface area contributed by atoms with Crippen LogP contribution in [0.3, 0.4) is 0 Å². The molecular weight excluding hydrogens is 264 g/mol. The zero-order valence-electron chi connectivity index (χ0n) is 12.4. The van der Waals surface area contributed by atoms with Gasteiger partial charge in [-0.05, 0) is 54.7 Å². The summed E-state index contributed by atoms with van der Waals surface area (Å²) in [5, 5.41) is 19.5. The van der Waals surface area contributed by atoms with Crippen molar-refractivity contribution in [2.24, 2.45) is 0 Å². The first-order valence-electron chi connectivity index (χ1n) is 6.86. The third kappa shape index (κ3) is 3.37. The molecule has 2 aromatic rings. The highest BCUT2D eigenvalue weighted by Crippen LogP contribution is 2.28. The van der Waals surface area contributed by atoms with Gasteiger partial charge in [0.15, 0.2) is 11.5 Å². The molecule has 0 aliphatic carbocycles. The molecular formula is C18H20O3. The van der Waals surface area contributed by atoms with E-state index >= 15 is 0 Å². The first kappa shape index (κ1) is 15.0. The maximum absolute atomic E-state index is 9.89. The van der Waals surface area contributed by atoms with Crippen LogP contribution in [0.4, 0.5) is 0 Å². The van der Waals surface area contributed by atoms with E-state index in [9.17, 15) is 10.2 Å². The average Bonchev–Trinajstić information content (AvgIpc) is 2.49. The second-order valence-electron chi connectivity index (χ2n) is 5.06. The molecule has 0 saturated carbocycles. The van der Waals surface area contributed by atoms with Gasteiger partial charge in [0.2, 0.25) is 0 Å². The summed E-state index contributed by atoms with van der Waals surface area (Å²) in [4.78, 5) is 0. The fraction of sp³-hybridized carbons (Fsp3) is 0.222. The van der Waals surface area contributed by atoms with Crippen LogP contribution in [-0.2, 0) is 12.8 Å². The van der Waals surface area contributed by atoms with Gasteiger partial charge in [0, 0.05) is 5.56 Å². The lowest BCUT2D eigenvalue weighted by Gasteiger charge is -2.09. The molecule has 0 heterocycles. The summed E-state index contributed by atoms with van der Waals surface area (Å²) in [5.74, 6) is 0.928. The Morgan fingerprint density at radius 3 is 2.48 bits per heavy atom. The van der Waals surface area contributed by atoms with Gasteiger partial charge in [0.05, 0.1) is 7.11 Å². The molecule has 0 atom stereocenters. The van der Waals surface area contributed by atoms with Gasteiger partial charge in [-0.15, -0.1) is 0 Å². The van der Waals surface area contributed by atoms with E-state index < -0.39 is 0 Å². The molecule has 0 radical (unpaired) electrons. The molecule has 3 nitrogen and oxygen atoms in total. The normalized spacial score (nSPS) is 10.4. The van der Waals surface area contributed by atoms with Crippen molar-refractivity contribution in [2.75, 3.05) is 7.11 Å². The number of aromatic hydroxyl groups is 2. The second-order valence-corrected chi connectivity index (χ2v) is 5.06. The molecule has 2 N–H and O–H groups in total. The van der Waals surface area contributed by atoms with Crippen LogP contribution in [0.5, 0.6) is 17.2 Å². The molecule has 0 bridgehead atoms. The maximum atomic E-state index is 9.89. The molecule has 0 aromatic heterocycles. The van der Waals surface area contributed by atoms with E-state index in [1.165, 1.54) is 0 Å². The van der Waals surface area contributed by atoms with E-state index in [1.807, 2.05) is 31.2 Å². The molecule has 0 unspecified atom stereocenters. The number of phenolic OH excluding ortho intramolecular Hbond substituents is 2.